The smallest absolute Gasteiger partial charge is 0.165 e. The third kappa shape index (κ3) is 2.33. The lowest BCUT2D eigenvalue weighted by Gasteiger charge is -2.07. The molecule has 0 bridgehead atoms. The van der Waals surface area contributed by atoms with Crippen molar-refractivity contribution < 1.29 is 9.13 Å². The maximum Gasteiger partial charge on any atom is 0.165 e. The lowest BCUT2D eigenvalue weighted by Crippen LogP contribution is -1.88. The normalized spacial score (nSPS) is 10.0. The topological polar surface area (TPSA) is 22.1 Å². The third-order valence-electron chi connectivity index (χ3n) is 1.79. The number of pyridine rings is 1. The lowest BCUT2D eigenvalue weighted by molar-refractivity contribution is 0.439. The number of ether oxygens (including phenoxy) is 1. The second-order valence-electron chi connectivity index (χ2n) is 2.84. The first-order chi connectivity index (χ1) is 7.27. The van der Waals surface area contributed by atoms with Crippen LogP contribution < -0.4 is 4.74 Å². The minimum atomic E-state index is -0.388. The van der Waals surface area contributed by atoms with Crippen LogP contribution in [0.25, 0.3) is 0 Å². The minimum absolute atomic E-state index is 0.199. The number of nitrogens with zero attached hydrogens (tertiary/aromatic N) is 1. The van der Waals surface area contributed by atoms with Crippen LogP contribution in [0.2, 0.25) is 0 Å². The number of benzene rings is 1. The molecule has 15 heavy (non-hydrogen) atoms. The molecule has 0 aliphatic rings. The van der Waals surface area contributed by atoms with Crippen LogP contribution in [0.3, 0.4) is 0 Å². The summed E-state index contributed by atoms with van der Waals surface area (Å²) in [6.07, 6.45) is 3.18. The Balaban J connectivity index is 2.30. The number of rotatable bonds is 2. The van der Waals surface area contributed by atoms with E-state index in [1.54, 1.807) is 36.7 Å². The van der Waals surface area contributed by atoms with Gasteiger partial charge in [0.25, 0.3) is 0 Å². The van der Waals surface area contributed by atoms with Gasteiger partial charge in [-0.1, -0.05) is 12.1 Å². The Morgan fingerprint density at radius 3 is 2.67 bits per heavy atom. The molecule has 0 atom stereocenters. The predicted octanol–water partition coefficient (Wildman–Crippen LogP) is 3.78. The van der Waals surface area contributed by atoms with Gasteiger partial charge in [-0.3, -0.25) is 4.98 Å². The third-order valence-corrected chi connectivity index (χ3v) is 2.39. The van der Waals surface area contributed by atoms with Crippen LogP contribution in [0, 0.1) is 5.82 Å². The Morgan fingerprint density at radius 1 is 1.13 bits per heavy atom. The van der Waals surface area contributed by atoms with Crippen LogP contribution in [0.5, 0.6) is 11.5 Å². The van der Waals surface area contributed by atoms with Crippen LogP contribution in [-0.4, -0.2) is 4.98 Å². The van der Waals surface area contributed by atoms with Crippen molar-refractivity contribution in [2.24, 2.45) is 0 Å². The highest BCUT2D eigenvalue weighted by molar-refractivity contribution is 9.10. The fraction of sp³-hybridized carbons (Fsp3) is 0. The zero-order valence-electron chi connectivity index (χ0n) is 7.65. The number of aromatic nitrogens is 1. The van der Waals surface area contributed by atoms with Gasteiger partial charge >= 0.3 is 0 Å². The second kappa shape index (κ2) is 4.40. The summed E-state index contributed by atoms with van der Waals surface area (Å²) in [7, 11) is 0. The van der Waals surface area contributed by atoms with E-state index in [9.17, 15) is 4.39 Å². The first kappa shape index (κ1) is 10.1. The van der Waals surface area contributed by atoms with Crippen molar-refractivity contribution in [3.8, 4) is 11.5 Å². The summed E-state index contributed by atoms with van der Waals surface area (Å²) >= 11 is 3.27. The Kier molecular flexibility index (Phi) is 2.97. The van der Waals surface area contributed by atoms with Gasteiger partial charge in [0.05, 0.1) is 4.47 Å². The molecule has 0 spiro atoms. The molecule has 4 heteroatoms. The molecule has 1 aromatic heterocycles. The molecule has 0 amide bonds. The predicted molar refractivity (Wildman–Crippen MR) is 58.4 cm³/mol. The molecule has 0 saturated heterocycles. The Bertz CT molecular complexity index is 432. The maximum absolute atomic E-state index is 13.3. The summed E-state index contributed by atoms with van der Waals surface area (Å²) in [6, 6.07) is 7.92. The molecule has 0 aliphatic carbocycles. The molecular formula is C11H7BrFNO. The Hall–Kier alpha value is -1.42. The highest BCUT2D eigenvalue weighted by atomic mass is 79.9. The van der Waals surface area contributed by atoms with E-state index in [2.05, 4.69) is 20.9 Å². The van der Waals surface area contributed by atoms with Gasteiger partial charge in [0, 0.05) is 18.5 Å². The van der Waals surface area contributed by atoms with Crippen LogP contribution in [0.15, 0.2) is 47.2 Å². The van der Waals surface area contributed by atoms with Crippen molar-refractivity contribution in [2.75, 3.05) is 0 Å². The van der Waals surface area contributed by atoms with E-state index in [1.807, 2.05) is 0 Å². The molecule has 2 rings (SSSR count). The summed E-state index contributed by atoms with van der Waals surface area (Å²) < 4.78 is 19.3. The van der Waals surface area contributed by atoms with Crippen molar-refractivity contribution in [3.05, 3.63) is 53.0 Å². The minimum Gasteiger partial charge on any atom is -0.453 e. The van der Waals surface area contributed by atoms with E-state index in [4.69, 9.17) is 4.74 Å². The quantitative estimate of drug-likeness (QED) is 0.826. The average Bonchev–Trinajstić information content (AvgIpc) is 2.24. The fourth-order valence-electron chi connectivity index (χ4n) is 1.09. The van der Waals surface area contributed by atoms with E-state index < -0.39 is 0 Å². The van der Waals surface area contributed by atoms with E-state index in [-0.39, 0.29) is 11.6 Å². The van der Waals surface area contributed by atoms with E-state index in [0.29, 0.717) is 10.2 Å². The van der Waals surface area contributed by atoms with Gasteiger partial charge in [-0.05, 0) is 28.1 Å². The molecule has 1 aromatic carbocycles. The molecule has 0 radical (unpaired) electrons. The first-order valence-electron chi connectivity index (χ1n) is 4.29. The van der Waals surface area contributed by atoms with Crippen LogP contribution >= 0.6 is 15.9 Å². The zero-order chi connectivity index (χ0) is 10.7. The van der Waals surface area contributed by atoms with Gasteiger partial charge in [-0.2, -0.15) is 0 Å². The molecular weight excluding hydrogens is 261 g/mol. The monoisotopic (exact) mass is 267 g/mol. The summed E-state index contributed by atoms with van der Waals surface area (Å²) in [5, 5.41) is 0. The van der Waals surface area contributed by atoms with Gasteiger partial charge in [0.1, 0.15) is 5.75 Å². The summed E-state index contributed by atoms with van der Waals surface area (Å²) in [4.78, 5) is 3.89. The Morgan fingerprint density at radius 2 is 1.93 bits per heavy atom. The fourth-order valence-corrected chi connectivity index (χ4v) is 1.42. The molecule has 0 aliphatic heterocycles. The highest BCUT2D eigenvalue weighted by Crippen LogP contribution is 2.29. The maximum atomic E-state index is 13.3. The van der Waals surface area contributed by atoms with Gasteiger partial charge in [0.15, 0.2) is 11.6 Å². The largest absolute Gasteiger partial charge is 0.453 e. The van der Waals surface area contributed by atoms with Crippen LogP contribution in [0.1, 0.15) is 0 Å². The molecule has 0 unspecified atom stereocenters. The van der Waals surface area contributed by atoms with Gasteiger partial charge < -0.3 is 4.74 Å². The van der Waals surface area contributed by atoms with Crippen LogP contribution in [0.4, 0.5) is 4.39 Å². The summed E-state index contributed by atoms with van der Waals surface area (Å²) in [5.41, 5.74) is 0. The van der Waals surface area contributed by atoms with Crippen LogP contribution in [-0.2, 0) is 0 Å². The highest BCUT2D eigenvalue weighted by Gasteiger charge is 2.05. The number of hydrogen-bond donors (Lipinski definition) is 0. The van der Waals surface area contributed by atoms with Crippen molar-refractivity contribution in [1.82, 2.24) is 4.98 Å². The van der Waals surface area contributed by atoms with Gasteiger partial charge in [-0.25, -0.2) is 4.39 Å². The standard InChI is InChI=1S/C11H7BrFNO/c12-8-7-14-6-5-10(8)15-11-4-2-1-3-9(11)13/h1-7H. The lowest BCUT2D eigenvalue weighted by atomic mass is 10.3. The molecule has 0 saturated carbocycles. The van der Waals surface area contributed by atoms with E-state index in [1.165, 1.54) is 6.07 Å². The van der Waals surface area contributed by atoms with Gasteiger partial charge in [-0.15, -0.1) is 0 Å². The molecule has 2 aromatic rings. The Labute approximate surface area is 94.9 Å². The second-order valence-corrected chi connectivity index (χ2v) is 3.69. The number of para-hydroxylation sites is 1. The molecule has 76 valence electrons. The van der Waals surface area contributed by atoms with Crippen molar-refractivity contribution >= 4 is 15.9 Å². The van der Waals surface area contributed by atoms with Crippen molar-refractivity contribution in [3.63, 3.8) is 0 Å². The average molecular weight is 268 g/mol. The first-order valence-corrected chi connectivity index (χ1v) is 5.08. The van der Waals surface area contributed by atoms with Crippen molar-refractivity contribution in [2.45, 2.75) is 0 Å². The molecule has 0 N–H and O–H groups in total. The number of halogens is 2. The van der Waals surface area contributed by atoms with E-state index in [0.717, 1.165) is 0 Å². The molecule has 1 heterocycles. The number of hydrogen-bond acceptors (Lipinski definition) is 2. The van der Waals surface area contributed by atoms with Crippen molar-refractivity contribution in [1.29, 1.82) is 0 Å². The molecule has 2 nitrogen and oxygen atoms in total. The summed E-state index contributed by atoms with van der Waals surface area (Å²) in [6.45, 7) is 0. The SMILES string of the molecule is Fc1ccccc1Oc1ccncc1Br. The summed E-state index contributed by atoms with van der Waals surface area (Å²) in [5.74, 6) is 0.348. The molecule has 0 fully saturated rings. The van der Waals surface area contributed by atoms with Gasteiger partial charge in [0.2, 0.25) is 0 Å². The zero-order valence-corrected chi connectivity index (χ0v) is 9.24. The van der Waals surface area contributed by atoms with E-state index >= 15 is 0 Å².